The molecule has 1 N–H and O–H groups in total. The summed E-state index contributed by atoms with van der Waals surface area (Å²) in [7, 11) is 0. The van der Waals surface area contributed by atoms with E-state index in [9.17, 15) is 0 Å². The highest BCUT2D eigenvalue weighted by Crippen LogP contribution is 2.26. The Bertz CT molecular complexity index is 1200. The van der Waals surface area contributed by atoms with Crippen LogP contribution in [0.2, 0.25) is 0 Å². The van der Waals surface area contributed by atoms with Gasteiger partial charge in [-0.05, 0) is 49.4 Å². The smallest absolute Gasteiger partial charge is 0.219 e. The molecule has 7 heteroatoms. The molecule has 1 atom stereocenters. The van der Waals surface area contributed by atoms with Crippen molar-refractivity contribution in [2.24, 2.45) is 5.92 Å². The average Bonchev–Trinajstić information content (AvgIpc) is 3.47. The number of fused-ring (bicyclic) bond motifs is 1. The molecule has 1 aliphatic rings. The third-order valence-electron chi connectivity index (χ3n) is 5.33. The first-order valence-corrected chi connectivity index (χ1v) is 9.92. The average molecular weight is 396 g/mol. The van der Waals surface area contributed by atoms with Crippen molar-refractivity contribution in [2.75, 3.05) is 13.1 Å². The first kappa shape index (κ1) is 18.3. The molecule has 0 amide bonds. The first-order valence-electron chi connectivity index (χ1n) is 9.92. The molecule has 1 saturated heterocycles. The number of H-pyrrole nitrogens is 1. The lowest BCUT2D eigenvalue weighted by Gasteiger charge is -2.14. The van der Waals surface area contributed by atoms with Crippen LogP contribution in [-0.2, 0) is 6.54 Å². The number of hydrogen-bond donors (Lipinski definition) is 1. The third kappa shape index (κ3) is 3.86. The van der Waals surface area contributed by atoms with Crippen LogP contribution in [0.15, 0.2) is 60.9 Å². The summed E-state index contributed by atoms with van der Waals surface area (Å²) in [6.07, 6.45) is 4.41. The molecule has 0 bridgehead atoms. The van der Waals surface area contributed by atoms with E-state index in [4.69, 9.17) is 15.0 Å². The van der Waals surface area contributed by atoms with Crippen LogP contribution in [-0.4, -0.2) is 38.2 Å². The van der Waals surface area contributed by atoms with E-state index >= 15 is 0 Å². The number of aromatic amines is 1. The Morgan fingerprint density at radius 2 is 2.13 bits per heavy atom. The van der Waals surface area contributed by atoms with Gasteiger partial charge in [0, 0.05) is 42.5 Å². The monoisotopic (exact) mass is 396 g/mol. The van der Waals surface area contributed by atoms with E-state index in [-0.39, 0.29) is 5.92 Å². The number of hydrogen-bond acceptors (Lipinski definition) is 6. The minimum Gasteiger partial charge on any atom is -0.439 e. The van der Waals surface area contributed by atoms with Crippen LogP contribution in [0.25, 0.3) is 22.2 Å². The highest BCUT2D eigenvalue weighted by atomic mass is 16.5. The maximum atomic E-state index is 9.07. The fraction of sp³-hybridized carbons (Fsp3) is 0.217. The Morgan fingerprint density at radius 1 is 1.17 bits per heavy atom. The minimum absolute atomic E-state index is 0.146. The molecule has 4 aromatic rings. The molecule has 7 nitrogen and oxygen atoms in total. The van der Waals surface area contributed by atoms with E-state index in [1.807, 2.05) is 42.5 Å². The van der Waals surface area contributed by atoms with E-state index in [1.54, 1.807) is 12.4 Å². The number of ether oxygens (including phenoxy) is 1. The molecular weight excluding hydrogens is 376 g/mol. The zero-order valence-electron chi connectivity index (χ0n) is 16.3. The number of nitrogens with one attached hydrogen (secondary N) is 1. The van der Waals surface area contributed by atoms with Gasteiger partial charge in [-0.2, -0.15) is 10.4 Å². The molecule has 4 heterocycles. The summed E-state index contributed by atoms with van der Waals surface area (Å²) in [5, 5.41) is 17.0. The number of likely N-dealkylation sites (tertiary alicyclic amines) is 1. The summed E-state index contributed by atoms with van der Waals surface area (Å²) in [4.78, 5) is 11.4. The molecule has 1 aromatic carbocycles. The van der Waals surface area contributed by atoms with Gasteiger partial charge in [0.25, 0.3) is 0 Å². The molecule has 30 heavy (non-hydrogen) atoms. The summed E-state index contributed by atoms with van der Waals surface area (Å²) in [5.74, 6) is 1.39. The predicted octanol–water partition coefficient (Wildman–Crippen LogP) is 4.16. The molecule has 3 aromatic heterocycles. The van der Waals surface area contributed by atoms with Crippen LogP contribution < -0.4 is 4.74 Å². The number of benzene rings is 1. The minimum atomic E-state index is 0.146. The lowest BCUT2D eigenvalue weighted by atomic mass is 10.1. The van der Waals surface area contributed by atoms with Gasteiger partial charge >= 0.3 is 0 Å². The SMILES string of the molecule is N#C[C@@H]1CCN(Cc2ccc3cc(Oc4ccc(-c5ccn[nH]5)cn4)ccc3n2)C1. The molecule has 0 spiro atoms. The second kappa shape index (κ2) is 7.93. The highest BCUT2D eigenvalue weighted by molar-refractivity contribution is 5.80. The highest BCUT2D eigenvalue weighted by Gasteiger charge is 2.22. The van der Waals surface area contributed by atoms with Gasteiger partial charge in [-0.1, -0.05) is 6.07 Å². The second-order valence-electron chi connectivity index (χ2n) is 7.46. The zero-order chi connectivity index (χ0) is 20.3. The van der Waals surface area contributed by atoms with Crippen LogP contribution in [0.5, 0.6) is 11.6 Å². The van der Waals surface area contributed by atoms with Gasteiger partial charge in [0.2, 0.25) is 5.88 Å². The first-order chi connectivity index (χ1) is 14.8. The standard InChI is InChI=1S/C23H20N6O/c24-12-16-8-10-29(14-16)15-19-3-1-17-11-20(4-5-21(17)27-19)30-23-6-2-18(13-25-23)22-7-9-26-28-22/h1-7,9,11,13,16H,8,10,14-15H2,(H,26,28)/t16-/m0/s1. The molecule has 148 valence electrons. The molecule has 1 aliphatic heterocycles. The van der Waals surface area contributed by atoms with Crippen molar-refractivity contribution in [3.8, 4) is 29.0 Å². The van der Waals surface area contributed by atoms with Crippen molar-refractivity contribution in [2.45, 2.75) is 13.0 Å². The predicted molar refractivity (Wildman–Crippen MR) is 113 cm³/mol. The maximum Gasteiger partial charge on any atom is 0.219 e. The number of nitrogens with zero attached hydrogens (tertiary/aromatic N) is 5. The Labute approximate surface area is 174 Å². The van der Waals surface area contributed by atoms with Crippen molar-refractivity contribution >= 4 is 10.9 Å². The van der Waals surface area contributed by atoms with Crippen LogP contribution in [0.1, 0.15) is 12.1 Å². The van der Waals surface area contributed by atoms with Gasteiger partial charge in [0.05, 0.1) is 28.9 Å². The summed E-state index contributed by atoms with van der Waals surface area (Å²) >= 11 is 0. The van der Waals surface area contributed by atoms with Crippen LogP contribution in [0.4, 0.5) is 0 Å². The lowest BCUT2D eigenvalue weighted by molar-refractivity contribution is 0.321. The van der Waals surface area contributed by atoms with E-state index < -0.39 is 0 Å². The molecular formula is C23H20N6O. The normalized spacial score (nSPS) is 16.6. The topological polar surface area (TPSA) is 90.7 Å². The summed E-state index contributed by atoms with van der Waals surface area (Å²) in [6.45, 7) is 2.56. The Balaban J connectivity index is 1.29. The molecule has 0 unspecified atom stereocenters. The van der Waals surface area contributed by atoms with Gasteiger partial charge in [-0.3, -0.25) is 15.0 Å². The number of rotatable bonds is 5. The molecule has 0 aliphatic carbocycles. The van der Waals surface area contributed by atoms with E-state index in [0.29, 0.717) is 5.88 Å². The van der Waals surface area contributed by atoms with Gasteiger partial charge in [-0.25, -0.2) is 4.98 Å². The fourth-order valence-corrected chi connectivity index (χ4v) is 3.75. The quantitative estimate of drug-likeness (QED) is 0.545. The second-order valence-corrected chi connectivity index (χ2v) is 7.46. The van der Waals surface area contributed by atoms with E-state index in [2.05, 4.69) is 32.2 Å². The number of nitriles is 1. The van der Waals surface area contributed by atoms with Crippen LogP contribution in [0.3, 0.4) is 0 Å². The summed E-state index contributed by atoms with van der Waals surface area (Å²) < 4.78 is 5.92. The largest absolute Gasteiger partial charge is 0.439 e. The van der Waals surface area contributed by atoms with Crippen LogP contribution in [0, 0.1) is 17.2 Å². The Morgan fingerprint density at radius 3 is 2.90 bits per heavy atom. The van der Waals surface area contributed by atoms with E-state index in [0.717, 1.165) is 59.7 Å². The van der Waals surface area contributed by atoms with Crippen molar-refractivity contribution in [3.05, 3.63) is 66.6 Å². The molecule has 0 saturated carbocycles. The fourth-order valence-electron chi connectivity index (χ4n) is 3.75. The van der Waals surface area contributed by atoms with Gasteiger partial charge in [0.15, 0.2) is 0 Å². The molecule has 5 rings (SSSR count). The van der Waals surface area contributed by atoms with Crippen molar-refractivity contribution in [1.82, 2.24) is 25.1 Å². The van der Waals surface area contributed by atoms with Crippen molar-refractivity contribution < 1.29 is 4.74 Å². The Kier molecular flexibility index (Phi) is 4.83. The third-order valence-corrected chi connectivity index (χ3v) is 5.33. The van der Waals surface area contributed by atoms with Crippen molar-refractivity contribution in [1.29, 1.82) is 5.26 Å². The maximum absolute atomic E-state index is 9.07. The summed E-state index contributed by atoms with van der Waals surface area (Å²) in [6, 6.07) is 18.0. The van der Waals surface area contributed by atoms with Gasteiger partial charge < -0.3 is 4.74 Å². The Hall–Kier alpha value is -3.76. The van der Waals surface area contributed by atoms with Gasteiger partial charge in [-0.15, -0.1) is 0 Å². The number of aromatic nitrogens is 4. The number of pyridine rings is 2. The van der Waals surface area contributed by atoms with E-state index in [1.165, 1.54) is 0 Å². The zero-order valence-corrected chi connectivity index (χ0v) is 16.3. The van der Waals surface area contributed by atoms with Crippen LogP contribution >= 0.6 is 0 Å². The van der Waals surface area contributed by atoms with Crippen molar-refractivity contribution in [3.63, 3.8) is 0 Å². The molecule has 0 radical (unpaired) electrons. The molecule has 1 fully saturated rings. The lowest BCUT2D eigenvalue weighted by Crippen LogP contribution is -2.20. The van der Waals surface area contributed by atoms with Gasteiger partial charge in [0.1, 0.15) is 5.75 Å². The summed E-state index contributed by atoms with van der Waals surface area (Å²) in [5.41, 5.74) is 3.82.